The van der Waals surface area contributed by atoms with Crippen LogP contribution in [0.25, 0.3) is 49.7 Å². The second-order valence-electron chi connectivity index (χ2n) is 15.7. The second-order valence-corrected chi connectivity index (χ2v) is 15.7. The fraction of sp³-hybridized carbons (Fsp3) is 0.160. The molecule has 0 amide bonds. The predicted molar refractivity (Wildman–Crippen MR) is 215 cm³/mol. The van der Waals surface area contributed by atoms with E-state index in [2.05, 4.69) is 179 Å². The first-order chi connectivity index (χ1) is 25.8. The lowest BCUT2D eigenvalue weighted by Crippen LogP contribution is -2.31. The summed E-state index contributed by atoms with van der Waals surface area (Å²) >= 11 is 0. The molecule has 2 nitrogen and oxygen atoms in total. The predicted octanol–water partition coefficient (Wildman–Crippen LogP) is 12.9. The van der Waals surface area contributed by atoms with Crippen LogP contribution in [0.4, 0.5) is 17.1 Å². The van der Waals surface area contributed by atoms with Crippen molar-refractivity contribution in [3.05, 3.63) is 181 Å². The second kappa shape index (κ2) is 10.6. The van der Waals surface area contributed by atoms with E-state index in [1.54, 1.807) is 11.1 Å². The summed E-state index contributed by atoms with van der Waals surface area (Å²) < 4.78 is 2.39. The molecule has 1 spiro atoms. The van der Waals surface area contributed by atoms with E-state index in [4.69, 9.17) is 0 Å². The number of hydrogen-bond acceptors (Lipinski definition) is 1. The third-order valence-electron chi connectivity index (χ3n) is 13.4. The van der Waals surface area contributed by atoms with E-state index >= 15 is 0 Å². The molecule has 0 aliphatic heterocycles. The number of hydrogen-bond donors (Lipinski definition) is 0. The van der Waals surface area contributed by atoms with E-state index in [1.807, 2.05) is 0 Å². The van der Waals surface area contributed by atoms with Crippen molar-refractivity contribution in [3.8, 4) is 27.9 Å². The van der Waals surface area contributed by atoms with Crippen LogP contribution < -0.4 is 4.90 Å². The number of para-hydroxylation sites is 3. The summed E-state index contributed by atoms with van der Waals surface area (Å²) in [6, 6.07) is 63.3. The Hall–Kier alpha value is -5.86. The van der Waals surface area contributed by atoms with Crippen molar-refractivity contribution in [2.45, 2.75) is 24.7 Å². The minimum atomic E-state index is 0.156. The number of nitrogens with zero attached hydrogens (tertiary/aromatic N) is 2. The number of aromatic nitrogens is 1. The van der Waals surface area contributed by atoms with Gasteiger partial charge in [0.15, 0.2) is 0 Å². The van der Waals surface area contributed by atoms with Gasteiger partial charge in [0, 0.05) is 38.9 Å². The normalized spacial score (nSPS) is 23.2. The Bertz CT molecular complexity index is 2710. The van der Waals surface area contributed by atoms with Crippen LogP contribution in [0.1, 0.15) is 30.4 Å². The SMILES string of the molecule is c1ccc(N(c2cccc(-c3ccc4c(c3)c3ccccc3n4-c3ccccc3)c2)c2ccc3c(c2)C2(CC4C5CCC2C54)c2ccccc2-3)cc1. The summed E-state index contributed by atoms with van der Waals surface area (Å²) in [6.45, 7) is 0. The van der Waals surface area contributed by atoms with Crippen LogP contribution in [0.2, 0.25) is 0 Å². The van der Waals surface area contributed by atoms with Crippen molar-refractivity contribution in [1.29, 1.82) is 0 Å². The van der Waals surface area contributed by atoms with Gasteiger partial charge >= 0.3 is 0 Å². The monoisotopic (exact) mass is 666 g/mol. The molecule has 4 aliphatic rings. The van der Waals surface area contributed by atoms with Crippen molar-refractivity contribution < 1.29 is 0 Å². The number of rotatable bonds is 5. The smallest absolute Gasteiger partial charge is 0.0541 e. The molecule has 1 heterocycles. The highest BCUT2D eigenvalue weighted by atomic mass is 15.1. The molecule has 12 rings (SSSR count). The molecule has 7 aromatic carbocycles. The van der Waals surface area contributed by atoms with Gasteiger partial charge in [0.05, 0.1) is 11.0 Å². The van der Waals surface area contributed by atoms with Crippen LogP contribution in [-0.2, 0) is 5.41 Å². The molecule has 3 fully saturated rings. The zero-order valence-electron chi connectivity index (χ0n) is 29.0. The highest BCUT2D eigenvalue weighted by Crippen LogP contribution is 2.78. The lowest BCUT2D eigenvalue weighted by molar-refractivity contribution is 0.350. The molecule has 2 heteroatoms. The zero-order valence-corrected chi connectivity index (χ0v) is 29.0. The van der Waals surface area contributed by atoms with E-state index in [0.29, 0.717) is 0 Å². The summed E-state index contributed by atoms with van der Waals surface area (Å²) in [5.74, 6) is 3.62. The van der Waals surface area contributed by atoms with Crippen LogP contribution in [0.3, 0.4) is 0 Å². The molecule has 248 valence electrons. The van der Waals surface area contributed by atoms with Crippen LogP contribution in [0, 0.1) is 23.7 Å². The molecule has 0 saturated heterocycles. The number of fused-ring (bicyclic) bond motifs is 10. The van der Waals surface area contributed by atoms with E-state index < -0.39 is 0 Å². The maximum atomic E-state index is 2.58. The van der Waals surface area contributed by atoms with Crippen LogP contribution in [-0.4, -0.2) is 4.57 Å². The highest BCUT2D eigenvalue weighted by Gasteiger charge is 2.72. The minimum Gasteiger partial charge on any atom is -0.310 e. The Kier molecular flexibility index (Phi) is 5.86. The maximum absolute atomic E-state index is 2.58. The van der Waals surface area contributed by atoms with Crippen LogP contribution in [0.15, 0.2) is 170 Å². The number of anilines is 3. The lowest BCUT2D eigenvalue weighted by atomic mass is 9.68. The van der Waals surface area contributed by atoms with Gasteiger partial charge in [-0.15, -0.1) is 0 Å². The largest absolute Gasteiger partial charge is 0.310 e. The van der Waals surface area contributed by atoms with E-state index in [0.717, 1.165) is 23.7 Å². The molecular formula is C50H38N2. The molecule has 0 N–H and O–H groups in total. The molecule has 1 aromatic heterocycles. The molecule has 5 atom stereocenters. The van der Waals surface area contributed by atoms with Crippen LogP contribution in [0.5, 0.6) is 0 Å². The third-order valence-corrected chi connectivity index (χ3v) is 13.4. The van der Waals surface area contributed by atoms with Gasteiger partial charge in [-0.1, -0.05) is 103 Å². The average molecular weight is 667 g/mol. The van der Waals surface area contributed by atoms with Gasteiger partial charge in [-0.3, -0.25) is 0 Å². The summed E-state index contributed by atoms with van der Waals surface area (Å²) in [7, 11) is 0. The Morgan fingerprint density at radius 3 is 2.08 bits per heavy atom. The van der Waals surface area contributed by atoms with Gasteiger partial charge in [0.25, 0.3) is 0 Å². The Morgan fingerprint density at radius 1 is 0.481 bits per heavy atom. The van der Waals surface area contributed by atoms with Crippen molar-refractivity contribution in [1.82, 2.24) is 4.57 Å². The average Bonchev–Trinajstić information content (AvgIpc) is 3.49. The molecule has 3 saturated carbocycles. The summed E-state index contributed by atoms with van der Waals surface area (Å²) in [4.78, 5) is 2.48. The molecule has 52 heavy (non-hydrogen) atoms. The van der Waals surface area contributed by atoms with Gasteiger partial charge in [-0.25, -0.2) is 0 Å². The van der Waals surface area contributed by atoms with E-state index in [-0.39, 0.29) is 5.41 Å². The van der Waals surface area contributed by atoms with E-state index in [9.17, 15) is 0 Å². The first kappa shape index (κ1) is 28.8. The summed E-state index contributed by atoms with van der Waals surface area (Å²) in [5.41, 5.74) is 15.9. The van der Waals surface area contributed by atoms with Crippen molar-refractivity contribution in [2.75, 3.05) is 4.90 Å². The van der Waals surface area contributed by atoms with Gasteiger partial charge in [0.1, 0.15) is 0 Å². The Morgan fingerprint density at radius 2 is 1.19 bits per heavy atom. The zero-order chi connectivity index (χ0) is 34.0. The molecule has 8 aromatic rings. The molecule has 4 aliphatic carbocycles. The Labute approximate surface area is 304 Å². The lowest BCUT2D eigenvalue weighted by Gasteiger charge is -2.35. The van der Waals surface area contributed by atoms with Crippen molar-refractivity contribution in [3.63, 3.8) is 0 Å². The Balaban J connectivity index is 1.00. The quantitative estimate of drug-likeness (QED) is 0.177. The minimum absolute atomic E-state index is 0.156. The fourth-order valence-corrected chi connectivity index (χ4v) is 11.4. The summed E-state index contributed by atoms with van der Waals surface area (Å²) in [6.07, 6.45) is 4.13. The third kappa shape index (κ3) is 3.85. The summed E-state index contributed by atoms with van der Waals surface area (Å²) in [5, 5.41) is 2.55. The first-order valence-electron chi connectivity index (χ1n) is 19.1. The fourth-order valence-electron chi connectivity index (χ4n) is 11.4. The standard InChI is InChI=1S/C50H38N2/c1-3-13-34(14-4-1)51(37-23-24-39-38-18-7-9-20-44(38)50(46(39)30-37)31-43-41-25-26-45(50)49(41)43)36-17-11-12-32(28-36)33-22-27-48-42(29-33)40-19-8-10-21-47(40)52(48)35-15-5-2-6-16-35/h1-24,27-30,41,43,45,49H,25-26,31H2. The van der Waals surface area contributed by atoms with Gasteiger partial charge in [-0.2, -0.15) is 0 Å². The molecule has 0 bridgehead atoms. The maximum Gasteiger partial charge on any atom is 0.0541 e. The van der Waals surface area contributed by atoms with Crippen LogP contribution >= 0.6 is 0 Å². The topological polar surface area (TPSA) is 8.17 Å². The van der Waals surface area contributed by atoms with Gasteiger partial charge < -0.3 is 9.47 Å². The molecule has 0 radical (unpaired) electrons. The van der Waals surface area contributed by atoms with Crippen molar-refractivity contribution >= 4 is 38.9 Å². The van der Waals surface area contributed by atoms with Crippen molar-refractivity contribution in [2.24, 2.45) is 23.7 Å². The van der Waals surface area contributed by atoms with Gasteiger partial charge in [-0.05, 0) is 143 Å². The first-order valence-corrected chi connectivity index (χ1v) is 19.1. The number of benzene rings is 7. The van der Waals surface area contributed by atoms with E-state index in [1.165, 1.54) is 86.1 Å². The van der Waals surface area contributed by atoms with Gasteiger partial charge in [0.2, 0.25) is 0 Å². The molecular weight excluding hydrogens is 629 g/mol. The highest BCUT2D eigenvalue weighted by molar-refractivity contribution is 6.10. The molecule has 5 unspecified atom stereocenters.